The second kappa shape index (κ2) is 8.59. The molecule has 0 aliphatic heterocycles. The van der Waals surface area contributed by atoms with Gasteiger partial charge in [-0.25, -0.2) is 0 Å². The lowest BCUT2D eigenvalue weighted by Gasteiger charge is -2.09. The lowest BCUT2D eigenvalue weighted by molar-refractivity contribution is -0.118. The number of carbonyl (C=O) groups excluding carboxylic acids is 1. The van der Waals surface area contributed by atoms with Gasteiger partial charge in [0, 0.05) is 5.56 Å². The average Bonchev–Trinajstić information content (AvgIpc) is 3.22. The average molecular weight is 470 g/mol. The summed E-state index contributed by atoms with van der Waals surface area (Å²) in [7, 11) is 1.62. The standard InChI is InChI=1S/C21H16BrN3O3S/c1-27-15-9-6-14(7-10-15)20-24-25-21(29-20)23-18(26)12-28-17-11-8-13-4-2-3-5-16(13)19(17)22/h2-11H,12H2,1H3,(H,23,25,26). The third-order valence-electron chi connectivity index (χ3n) is 4.19. The molecule has 6 nitrogen and oxygen atoms in total. The Morgan fingerprint density at radius 2 is 1.86 bits per heavy atom. The number of ether oxygens (including phenoxy) is 2. The lowest BCUT2D eigenvalue weighted by Crippen LogP contribution is -2.20. The topological polar surface area (TPSA) is 73.3 Å². The Bertz CT molecular complexity index is 1160. The van der Waals surface area contributed by atoms with Crippen molar-refractivity contribution in [3.05, 3.63) is 65.1 Å². The molecule has 3 aromatic carbocycles. The van der Waals surface area contributed by atoms with Gasteiger partial charge in [-0.3, -0.25) is 10.1 Å². The third kappa shape index (κ3) is 4.38. The maximum absolute atomic E-state index is 12.3. The van der Waals surface area contributed by atoms with Gasteiger partial charge in [-0.05, 0) is 57.0 Å². The number of anilines is 1. The van der Waals surface area contributed by atoms with Gasteiger partial charge in [-0.15, -0.1) is 10.2 Å². The predicted octanol–water partition coefficient (Wildman–Crippen LogP) is 5.15. The van der Waals surface area contributed by atoms with Crippen molar-refractivity contribution in [2.24, 2.45) is 0 Å². The normalized spacial score (nSPS) is 10.7. The Morgan fingerprint density at radius 1 is 1.07 bits per heavy atom. The fraction of sp³-hybridized carbons (Fsp3) is 0.0952. The van der Waals surface area contributed by atoms with E-state index in [-0.39, 0.29) is 12.5 Å². The van der Waals surface area contributed by atoms with Crippen molar-refractivity contribution in [3.8, 4) is 22.1 Å². The summed E-state index contributed by atoms with van der Waals surface area (Å²) in [5.74, 6) is 1.07. The second-order valence-corrected chi connectivity index (χ2v) is 7.85. The molecule has 146 valence electrons. The number of amides is 1. The number of methoxy groups -OCH3 is 1. The molecular weight excluding hydrogens is 454 g/mol. The van der Waals surface area contributed by atoms with Crippen molar-refractivity contribution in [2.75, 3.05) is 19.0 Å². The van der Waals surface area contributed by atoms with Crippen LogP contribution in [0.1, 0.15) is 0 Å². The minimum absolute atomic E-state index is 0.131. The molecule has 4 aromatic rings. The SMILES string of the molecule is COc1ccc(-c2nnc(NC(=O)COc3ccc4ccccc4c3Br)s2)cc1. The summed E-state index contributed by atoms with van der Waals surface area (Å²) >= 11 is 4.85. The number of hydrogen-bond donors (Lipinski definition) is 1. The third-order valence-corrected chi connectivity index (χ3v) is 5.90. The fourth-order valence-electron chi connectivity index (χ4n) is 2.75. The van der Waals surface area contributed by atoms with Crippen LogP contribution in [0.25, 0.3) is 21.3 Å². The summed E-state index contributed by atoms with van der Waals surface area (Å²) in [6.45, 7) is -0.131. The molecule has 0 atom stereocenters. The first-order valence-corrected chi connectivity index (χ1v) is 10.3. The van der Waals surface area contributed by atoms with Gasteiger partial charge in [0.15, 0.2) is 6.61 Å². The minimum atomic E-state index is -0.303. The lowest BCUT2D eigenvalue weighted by atomic mass is 10.1. The van der Waals surface area contributed by atoms with Gasteiger partial charge in [-0.2, -0.15) is 0 Å². The van der Waals surface area contributed by atoms with Crippen LogP contribution in [0.15, 0.2) is 65.1 Å². The van der Waals surface area contributed by atoms with Gasteiger partial charge in [0.05, 0.1) is 11.6 Å². The highest BCUT2D eigenvalue weighted by Crippen LogP contribution is 2.33. The highest BCUT2D eigenvalue weighted by Gasteiger charge is 2.12. The van der Waals surface area contributed by atoms with Crippen molar-refractivity contribution in [3.63, 3.8) is 0 Å². The number of aromatic nitrogens is 2. The van der Waals surface area contributed by atoms with Gasteiger partial charge < -0.3 is 9.47 Å². The first kappa shape index (κ1) is 19.4. The van der Waals surface area contributed by atoms with E-state index in [1.54, 1.807) is 7.11 Å². The van der Waals surface area contributed by atoms with Crippen LogP contribution in [0.2, 0.25) is 0 Å². The first-order valence-electron chi connectivity index (χ1n) is 8.72. The van der Waals surface area contributed by atoms with E-state index in [0.29, 0.717) is 15.9 Å². The highest BCUT2D eigenvalue weighted by molar-refractivity contribution is 9.10. The van der Waals surface area contributed by atoms with E-state index >= 15 is 0 Å². The number of carbonyl (C=O) groups is 1. The molecule has 0 aliphatic carbocycles. The van der Waals surface area contributed by atoms with Crippen LogP contribution in [-0.4, -0.2) is 29.8 Å². The number of fused-ring (bicyclic) bond motifs is 1. The number of nitrogens with one attached hydrogen (secondary N) is 1. The molecule has 0 aliphatic rings. The molecule has 4 rings (SSSR count). The largest absolute Gasteiger partial charge is 0.497 e. The van der Waals surface area contributed by atoms with E-state index in [4.69, 9.17) is 9.47 Å². The summed E-state index contributed by atoms with van der Waals surface area (Å²) in [4.78, 5) is 12.3. The summed E-state index contributed by atoms with van der Waals surface area (Å²) in [5, 5.41) is 14.1. The van der Waals surface area contributed by atoms with Crippen LogP contribution in [-0.2, 0) is 4.79 Å². The van der Waals surface area contributed by atoms with Crippen molar-refractivity contribution in [1.29, 1.82) is 0 Å². The van der Waals surface area contributed by atoms with Crippen LogP contribution in [0.4, 0.5) is 5.13 Å². The van der Waals surface area contributed by atoms with Crippen LogP contribution >= 0.6 is 27.3 Å². The quantitative estimate of drug-likeness (QED) is 0.422. The van der Waals surface area contributed by atoms with E-state index in [1.807, 2.05) is 60.7 Å². The van der Waals surface area contributed by atoms with Gasteiger partial charge in [0.1, 0.15) is 16.5 Å². The second-order valence-electron chi connectivity index (χ2n) is 6.08. The smallest absolute Gasteiger partial charge is 0.264 e. The van der Waals surface area contributed by atoms with Crippen molar-refractivity contribution in [1.82, 2.24) is 10.2 Å². The fourth-order valence-corrected chi connectivity index (χ4v) is 4.12. The van der Waals surface area contributed by atoms with E-state index < -0.39 is 0 Å². The Balaban J connectivity index is 1.39. The number of benzene rings is 3. The molecule has 0 bridgehead atoms. The molecule has 0 saturated carbocycles. The van der Waals surface area contributed by atoms with Crippen LogP contribution < -0.4 is 14.8 Å². The van der Waals surface area contributed by atoms with Crippen LogP contribution in [0, 0.1) is 0 Å². The number of nitrogens with zero attached hydrogens (tertiary/aromatic N) is 2. The minimum Gasteiger partial charge on any atom is -0.497 e. The van der Waals surface area contributed by atoms with E-state index in [0.717, 1.165) is 26.6 Å². The molecule has 8 heteroatoms. The molecule has 1 heterocycles. The van der Waals surface area contributed by atoms with Crippen molar-refractivity contribution >= 4 is 49.1 Å². The zero-order valence-electron chi connectivity index (χ0n) is 15.4. The number of halogens is 1. The van der Waals surface area contributed by atoms with Gasteiger partial charge >= 0.3 is 0 Å². The summed E-state index contributed by atoms with van der Waals surface area (Å²) in [6.07, 6.45) is 0. The summed E-state index contributed by atoms with van der Waals surface area (Å²) in [5.41, 5.74) is 0.903. The van der Waals surface area contributed by atoms with Gasteiger partial charge in [-0.1, -0.05) is 41.7 Å². The predicted molar refractivity (Wildman–Crippen MR) is 118 cm³/mol. The van der Waals surface area contributed by atoms with E-state index in [2.05, 4.69) is 31.4 Å². The molecular formula is C21H16BrN3O3S. The van der Waals surface area contributed by atoms with Crippen molar-refractivity contribution < 1.29 is 14.3 Å². The van der Waals surface area contributed by atoms with Gasteiger partial charge in [0.2, 0.25) is 5.13 Å². The molecule has 1 N–H and O–H groups in total. The Labute approximate surface area is 179 Å². The number of hydrogen-bond acceptors (Lipinski definition) is 6. The number of rotatable bonds is 6. The molecule has 0 spiro atoms. The first-order chi connectivity index (χ1) is 14.1. The zero-order valence-corrected chi connectivity index (χ0v) is 17.8. The molecule has 0 radical (unpaired) electrons. The monoisotopic (exact) mass is 469 g/mol. The molecule has 29 heavy (non-hydrogen) atoms. The molecule has 0 fully saturated rings. The van der Waals surface area contributed by atoms with E-state index in [1.165, 1.54) is 11.3 Å². The zero-order chi connectivity index (χ0) is 20.2. The Hall–Kier alpha value is -2.97. The Morgan fingerprint density at radius 3 is 2.66 bits per heavy atom. The summed E-state index contributed by atoms with van der Waals surface area (Å²) < 4.78 is 11.7. The van der Waals surface area contributed by atoms with Crippen LogP contribution in [0.5, 0.6) is 11.5 Å². The van der Waals surface area contributed by atoms with Gasteiger partial charge in [0.25, 0.3) is 5.91 Å². The van der Waals surface area contributed by atoms with Crippen LogP contribution in [0.3, 0.4) is 0 Å². The van der Waals surface area contributed by atoms with Crippen molar-refractivity contribution in [2.45, 2.75) is 0 Å². The maximum Gasteiger partial charge on any atom is 0.264 e. The molecule has 1 amide bonds. The Kier molecular flexibility index (Phi) is 5.73. The highest BCUT2D eigenvalue weighted by atomic mass is 79.9. The maximum atomic E-state index is 12.3. The summed E-state index contributed by atoms with van der Waals surface area (Å²) in [6, 6.07) is 19.2. The molecule has 0 unspecified atom stereocenters. The molecule has 0 saturated heterocycles. The van der Waals surface area contributed by atoms with E-state index in [9.17, 15) is 4.79 Å². The molecule has 1 aromatic heterocycles.